The third-order valence-electron chi connectivity index (χ3n) is 12.4. The molecule has 2 N–H and O–H groups in total. The van der Waals surface area contributed by atoms with Crippen LogP contribution in [0.25, 0.3) is 0 Å². The fraction of sp³-hybridized carbons (Fsp3) is 0.846. The molecule has 0 radical (unpaired) electrons. The number of phenols is 1. The Labute approximate surface area is 375 Å². The minimum atomic E-state index is 0.280. The van der Waals surface area contributed by atoms with Crippen LogP contribution in [-0.4, -0.2) is 31.0 Å². The van der Waals surface area contributed by atoms with Gasteiger partial charge in [-0.05, 0) is 78.0 Å². The van der Waals surface area contributed by atoms with Gasteiger partial charge < -0.3 is 10.4 Å². The summed E-state index contributed by atoms with van der Waals surface area (Å²) in [5, 5.41) is 23.5. The van der Waals surface area contributed by atoms with Gasteiger partial charge in [-0.25, -0.2) is 0 Å². The zero-order valence-electron chi connectivity index (χ0n) is 40.0. The van der Waals surface area contributed by atoms with Gasteiger partial charge in [0.1, 0.15) is 5.75 Å². The highest BCUT2D eigenvalue weighted by Gasteiger charge is 2.33. The molecule has 59 heavy (non-hydrogen) atoms. The molecule has 7 heteroatoms. The molecule has 0 aliphatic heterocycles. The number of rotatable bonds is 39. The summed E-state index contributed by atoms with van der Waals surface area (Å²) < 4.78 is 1.98. The first-order valence-corrected chi connectivity index (χ1v) is 27.2. The summed E-state index contributed by atoms with van der Waals surface area (Å²) in [6, 6.07) is 7.29. The minimum Gasteiger partial charge on any atom is -0.508 e. The van der Waals surface area contributed by atoms with Gasteiger partial charge in [0.05, 0.1) is 0 Å². The van der Waals surface area contributed by atoms with E-state index in [9.17, 15) is 5.11 Å². The molecule has 2 aromatic rings. The number of thioether (sulfide) groups is 1. The fourth-order valence-electron chi connectivity index (χ4n) is 9.11. The molecule has 0 atom stereocenters. The van der Waals surface area contributed by atoms with Crippen molar-refractivity contribution in [2.75, 3.05) is 16.8 Å². The van der Waals surface area contributed by atoms with E-state index in [0.717, 1.165) is 34.0 Å². The van der Waals surface area contributed by atoms with Gasteiger partial charge in [0, 0.05) is 11.4 Å². The molecule has 0 spiro atoms. The van der Waals surface area contributed by atoms with Gasteiger partial charge >= 0.3 is 0 Å². The van der Waals surface area contributed by atoms with Crippen molar-refractivity contribution in [3.8, 4) is 5.75 Å². The third kappa shape index (κ3) is 28.1. The Morgan fingerprint density at radius 1 is 0.525 bits per heavy atom. The second kappa shape index (κ2) is 34.2. The normalized spacial score (nSPS) is 12.3. The van der Waals surface area contributed by atoms with Crippen molar-refractivity contribution in [2.24, 2.45) is 16.7 Å². The third-order valence-corrected chi connectivity index (χ3v) is 14.4. The summed E-state index contributed by atoms with van der Waals surface area (Å²) in [7, 11) is 0. The number of phenolic OH excluding ortho intramolecular Hbond substituents is 1. The van der Waals surface area contributed by atoms with E-state index in [-0.39, 0.29) is 5.75 Å². The first kappa shape index (κ1) is 53.8. The van der Waals surface area contributed by atoms with Crippen LogP contribution in [0.4, 0.5) is 11.5 Å². The number of nitrogens with one attached hydrogen (secondary N) is 1. The molecule has 0 aliphatic rings. The van der Waals surface area contributed by atoms with Crippen molar-refractivity contribution in [1.29, 1.82) is 0 Å². The van der Waals surface area contributed by atoms with E-state index in [2.05, 4.69) is 64.1 Å². The minimum absolute atomic E-state index is 0.280. The molecule has 1 aromatic heterocycles. The van der Waals surface area contributed by atoms with E-state index in [0.29, 0.717) is 10.8 Å². The van der Waals surface area contributed by atoms with Crippen LogP contribution in [0.3, 0.4) is 0 Å². The topological polar surface area (TPSA) is 63.0 Å². The van der Waals surface area contributed by atoms with Gasteiger partial charge in [0.25, 0.3) is 0 Å². The Hall–Kier alpha value is -1.34. The second-order valence-corrected chi connectivity index (χ2v) is 22.2. The van der Waals surface area contributed by atoms with E-state index in [1.165, 1.54) is 205 Å². The highest BCUT2D eigenvalue weighted by molar-refractivity contribution is 7.99. The Balaban J connectivity index is 1.50. The first-order valence-electron chi connectivity index (χ1n) is 25.3. The summed E-state index contributed by atoms with van der Waals surface area (Å²) >= 11 is 3.59. The van der Waals surface area contributed by atoms with Crippen LogP contribution in [0.1, 0.15) is 254 Å². The molecule has 0 amide bonds. The lowest BCUT2D eigenvalue weighted by molar-refractivity contribution is 0.0898. The molecule has 0 aliphatic carbocycles. The van der Waals surface area contributed by atoms with Gasteiger partial charge in [-0.15, -0.1) is 16.9 Å². The highest BCUT2D eigenvalue weighted by Crippen LogP contribution is 2.43. The van der Waals surface area contributed by atoms with E-state index >= 15 is 0 Å². The van der Waals surface area contributed by atoms with Crippen LogP contribution in [0.5, 0.6) is 5.75 Å². The van der Waals surface area contributed by atoms with Gasteiger partial charge in [0.2, 0.25) is 0 Å². The molecule has 0 saturated heterocycles. The zero-order chi connectivity index (χ0) is 42.9. The van der Waals surface area contributed by atoms with E-state index < -0.39 is 0 Å². The molecule has 0 unspecified atom stereocenters. The molecule has 2 rings (SSSR count). The lowest BCUT2D eigenvalue weighted by Crippen LogP contribution is -2.32. The summed E-state index contributed by atoms with van der Waals surface area (Å²) in [6.07, 6.45) is 44.5. The monoisotopic (exact) mass is 857 g/mol. The van der Waals surface area contributed by atoms with Crippen LogP contribution >= 0.6 is 23.7 Å². The van der Waals surface area contributed by atoms with Crippen LogP contribution in [0, 0.1) is 16.7 Å². The van der Waals surface area contributed by atoms with Crippen molar-refractivity contribution >= 4 is 35.2 Å². The zero-order valence-corrected chi connectivity index (χ0v) is 41.7. The molecule has 0 saturated carbocycles. The molecular weight excluding hydrogens is 761 g/mol. The second-order valence-electron chi connectivity index (χ2n) is 20.1. The Kier molecular flexibility index (Phi) is 31.2. The molecule has 0 bridgehead atoms. The average Bonchev–Trinajstić information content (AvgIpc) is 3.56. The highest BCUT2D eigenvalue weighted by atomic mass is 32.2. The van der Waals surface area contributed by atoms with Gasteiger partial charge in [-0.1, -0.05) is 240 Å². The van der Waals surface area contributed by atoms with Crippen molar-refractivity contribution < 1.29 is 5.11 Å². The van der Waals surface area contributed by atoms with Crippen LogP contribution in [-0.2, 0) is 0 Å². The predicted octanol–water partition coefficient (Wildman–Crippen LogP) is 18.5. The molecule has 1 heterocycles. The van der Waals surface area contributed by atoms with Gasteiger partial charge in [0.15, 0.2) is 10.8 Å². The maximum atomic E-state index is 9.80. The van der Waals surface area contributed by atoms with Crippen LogP contribution in [0.2, 0.25) is 0 Å². The largest absolute Gasteiger partial charge is 0.508 e. The van der Waals surface area contributed by atoms with Crippen LogP contribution < -0.4 is 5.32 Å². The van der Waals surface area contributed by atoms with E-state index in [4.69, 9.17) is 0 Å². The fourth-order valence-corrected chi connectivity index (χ4v) is 10.9. The van der Waals surface area contributed by atoms with Crippen molar-refractivity contribution in [2.45, 2.75) is 259 Å². The number of anilines is 2. The maximum Gasteiger partial charge on any atom is 0.175 e. The molecule has 1 aromatic carbocycles. The van der Waals surface area contributed by atoms with Crippen molar-refractivity contribution in [3.63, 3.8) is 0 Å². The number of hydrogen-bond acceptors (Lipinski definition) is 6. The van der Waals surface area contributed by atoms with E-state index in [1.807, 2.05) is 28.0 Å². The molecular formula is C52H96N4OS2. The molecule has 5 nitrogen and oxygen atoms in total. The predicted molar refractivity (Wildman–Crippen MR) is 266 cm³/mol. The number of unbranched alkanes of at least 4 members (excludes halogenated alkanes) is 29. The summed E-state index contributed by atoms with van der Waals surface area (Å²) in [4.78, 5) is 0. The van der Waals surface area contributed by atoms with Gasteiger partial charge in [-0.2, -0.15) is 4.09 Å². The SMILES string of the molecule is CCCCCCCCCCCCCCCCCCSn1nnc(SCCCCCCCCCCCCCCCCCC(C(C)(C)C)C(C)(C)C)c1Nc1ccc(O)cc1. The standard InChI is InChI=1S/C52H96N4OS2/c1-8-9-10-11-12-13-14-15-16-20-23-26-29-32-35-38-45-59-56-49(53-46-40-42-47(57)43-41-46)50(54-55-56)58-44-37-34-31-28-25-22-19-17-18-21-24-27-30-33-36-39-48(51(2,3)4)52(5,6)7/h40-43,48,53,57H,8-39,44-45H2,1-7H3. The molecule has 0 fully saturated rings. The Morgan fingerprint density at radius 3 is 1.31 bits per heavy atom. The lowest BCUT2D eigenvalue weighted by atomic mass is 9.65. The number of nitrogens with zero attached hydrogens (tertiary/aromatic N) is 3. The Morgan fingerprint density at radius 2 is 0.898 bits per heavy atom. The number of benzene rings is 1. The van der Waals surface area contributed by atoms with Crippen molar-refractivity contribution in [1.82, 2.24) is 14.4 Å². The molecule has 342 valence electrons. The van der Waals surface area contributed by atoms with Gasteiger partial charge in [-0.3, -0.25) is 0 Å². The smallest absolute Gasteiger partial charge is 0.175 e. The number of hydrogen-bond donors (Lipinski definition) is 2. The number of aromatic nitrogens is 3. The average molecular weight is 858 g/mol. The quantitative estimate of drug-likeness (QED) is 0.0397. The van der Waals surface area contributed by atoms with E-state index in [1.54, 1.807) is 24.1 Å². The summed E-state index contributed by atoms with van der Waals surface area (Å²) in [6.45, 7) is 16.9. The number of aromatic hydroxyl groups is 1. The first-order chi connectivity index (χ1) is 28.5. The Bertz CT molecular complexity index is 1220. The summed E-state index contributed by atoms with van der Waals surface area (Å²) in [5.74, 6) is 4.16. The summed E-state index contributed by atoms with van der Waals surface area (Å²) in [5.41, 5.74) is 1.76. The van der Waals surface area contributed by atoms with Crippen LogP contribution in [0.15, 0.2) is 29.3 Å². The lowest BCUT2D eigenvalue weighted by Gasteiger charge is -2.41. The maximum absolute atomic E-state index is 9.80. The van der Waals surface area contributed by atoms with Crippen molar-refractivity contribution in [3.05, 3.63) is 24.3 Å².